The van der Waals surface area contributed by atoms with Crippen LogP contribution in [-0.2, 0) is 4.79 Å². The number of halogens is 1. The molecule has 0 radical (unpaired) electrons. The summed E-state index contributed by atoms with van der Waals surface area (Å²) >= 11 is 6.13. The summed E-state index contributed by atoms with van der Waals surface area (Å²) in [6.45, 7) is 0.760. The third kappa shape index (κ3) is 2.98. The normalized spacial score (nSPS) is 20.0. The van der Waals surface area contributed by atoms with Crippen LogP contribution in [0.5, 0.6) is 0 Å². The fourth-order valence-electron chi connectivity index (χ4n) is 3.16. The van der Waals surface area contributed by atoms with Crippen LogP contribution in [0.15, 0.2) is 48.8 Å². The van der Waals surface area contributed by atoms with E-state index >= 15 is 0 Å². The maximum absolute atomic E-state index is 11.6. The molecule has 22 heavy (non-hydrogen) atoms. The topological polar surface area (TPSA) is 53.4 Å². The van der Waals surface area contributed by atoms with Gasteiger partial charge in [-0.15, -0.1) is 0 Å². The van der Waals surface area contributed by atoms with Crippen LogP contribution in [0.3, 0.4) is 0 Å². The zero-order valence-electron chi connectivity index (χ0n) is 12.0. The summed E-state index contributed by atoms with van der Waals surface area (Å²) in [5, 5.41) is 10.2. The number of rotatable bonds is 4. The van der Waals surface area contributed by atoms with Crippen LogP contribution in [0.4, 0.5) is 0 Å². The lowest BCUT2D eigenvalue weighted by Gasteiger charge is -2.32. The number of carbonyl (C=O) groups is 1. The number of carboxylic acid groups (broad SMARTS) is 1. The van der Waals surface area contributed by atoms with Gasteiger partial charge < -0.3 is 5.11 Å². The summed E-state index contributed by atoms with van der Waals surface area (Å²) in [7, 11) is 0. The van der Waals surface area contributed by atoms with Crippen LogP contribution in [0.25, 0.3) is 0 Å². The Morgan fingerprint density at radius 3 is 2.73 bits per heavy atom. The van der Waals surface area contributed by atoms with E-state index in [-0.39, 0.29) is 6.04 Å². The van der Waals surface area contributed by atoms with Crippen molar-refractivity contribution in [1.82, 2.24) is 9.88 Å². The minimum Gasteiger partial charge on any atom is -0.480 e. The number of aromatic nitrogens is 1. The molecule has 1 aromatic heterocycles. The minimum atomic E-state index is -0.765. The molecule has 0 bridgehead atoms. The highest BCUT2D eigenvalue weighted by Gasteiger charge is 2.36. The summed E-state index contributed by atoms with van der Waals surface area (Å²) in [5.74, 6) is -0.765. The van der Waals surface area contributed by atoms with Gasteiger partial charge in [-0.05, 0) is 48.2 Å². The average Bonchev–Trinajstić information content (AvgIpc) is 2.98. The van der Waals surface area contributed by atoms with Crippen LogP contribution < -0.4 is 0 Å². The molecule has 1 aliphatic heterocycles. The smallest absolute Gasteiger partial charge is 0.320 e. The minimum absolute atomic E-state index is 0.120. The molecule has 3 rings (SSSR count). The lowest BCUT2D eigenvalue weighted by atomic mass is 9.97. The van der Waals surface area contributed by atoms with Gasteiger partial charge in [-0.25, -0.2) is 0 Å². The molecule has 0 saturated carbocycles. The molecular weight excluding hydrogens is 300 g/mol. The van der Waals surface area contributed by atoms with E-state index in [0.29, 0.717) is 11.4 Å². The van der Waals surface area contributed by atoms with Gasteiger partial charge in [0.2, 0.25) is 0 Å². The summed E-state index contributed by atoms with van der Waals surface area (Å²) in [5.41, 5.74) is 2.04. The Bertz CT molecular complexity index is 663. The second kappa shape index (κ2) is 6.46. The molecule has 0 amide bonds. The van der Waals surface area contributed by atoms with E-state index in [1.165, 1.54) is 0 Å². The third-order valence-electron chi connectivity index (χ3n) is 4.10. The Morgan fingerprint density at radius 2 is 2.05 bits per heavy atom. The highest BCUT2D eigenvalue weighted by atomic mass is 35.5. The SMILES string of the molecule is O=C(O)C1CCCN1C(c1ccncc1)c1cccc(Cl)c1. The highest BCUT2D eigenvalue weighted by molar-refractivity contribution is 6.30. The van der Waals surface area contributed by atoms with Crippen LogP contribution >= 0.6 is 11.6 Å². The average molecular weight is 317 g/mol. The zero-order chi connectivity index (χ0) is 15.5. The largest absolute Gasteiger partial charge is 0.480 e. The van der Waals surface area contributed by atoms with Crippen molar-refractivity contribution in [3.63, 3.8) is 0 Å². The number of hydrogen-bond acceptors (Lipinski definition) is 3. The van der Waals surface area contributed by atoms with E-state index in [1.54, 1.807) is 12.4 Å². The number of likely N-dealkylation sites (tertiary alicyclic amines) is 1. The summed E-state index contributed by atoms with van der Waals surface area (Å²) in [6.07, 6.45) is 5.04. The summed E-state index contributed by atoms with van der Waals surface area (Å²) in [6, 6.07) is 10.9. The molecule has 114 valence electrons. The van der Waals surface area contributed by atoms with Crippen LogP contribution in [0.2, 0.25) is 5.02 Å². The Labute approximate surface area is 134 Å². The molecule has 1 N–H and O–H groups in total. The van der Waals surface area contributed by atoms with Gasteiger partial charge in [0.1, 0.15) is 6.04 Å². The van der Waals surface area contributed by atoms with Crippen molar-refractivity contribution >= 4 is 17.6 Å². The quantitative estimate of drug-likeness (QED) is 0.939. The van der Waals surface area contributed by atoms with E-state index in [0.717, 1.165) is 24.1 Å². The number of benzene rings is 1. The standard InChI is InChI=1S/C17H17ClN2O2/c18-14-4-1-3-13(11-14)16(12-6-8-19-9-7-12)20-10-2-5-15(20)17(21)22/h1,3-4,6-9,11,15-16H,2,5,10H2,(H,21,22). The van der Waals surface area contributed by atoms with E-state index in [4.69, 9.17) is 11.6 Å². The van der Waals surface area contributed by atoms with Crippen LogP contribution in [0, 0.1) is 0 Å². The first-order chi connectivity index (χ1) is 10.7. The molecule has 1 aliphatic rings. The van der Waals surface area contributed by atoms with Crippen LogP contribution in [0.1, 0.15) is 30.0 Å². The molecule has 4 nitrogen and oxygen atoms in total. The van der Waals surface area contributed by atoms with E-state index < -0.39 is 12.0 Å². The molecule has 1 aromatic carbocycles. The molecule has 2 unspecified atom stereocenters. The van der Waals surface area contributed by atoms with Crippen molar-refractivity contribution in [3.05, 3.63) is 64.9 Å². The maximum atomic E-state index is 11.6. The molecule has 0 aliphatic carbocycles. The number of pyridine rings is 1. The molecule has 2 aromatic rings. The first-order valence-corrected chi connectivity index (χ1v) is 7.68. The first-order valence-electron chi connectivity index (χ1n) is 7.31. The van der Waals surface area contributed by atoms with E-state index in [9.17, 15) is 9.90 Å². The van der Waals surface area contributed by atoms with Crippen molar-refractivity contribution in [2.75, 3.05) is 6.54 Å². The van der Waals surface area contributed by atoms with Gasteiger partial charge in [-0.1, -0.05) is 23.7 Å². The van der Waals surface area contributed by atoms with Gasteiger partial charge >= 0.3 is 5.97 Å². The Hall–Kier alpha value is -1.91. The number of nitrogens with zero attached hydrogens (tertiary/aromatic N) is 2. The van der Waals surface area contributed by atoms with Crippen molar-refractivity contribution < 1.29 is 9.90 Å². The molecule has 2 atom stereocenters. The van der Waals surface area contributed by atoms with E-state index in [2.05, 4.69) is 4.98 Å². The number of carboxylic acids is 1. The molecule has 5 heteroatoms. The number of aliphatic carboxylic acids is 1. The van der Waals surface area contributed by atoms with E-state index in [1.807, 2.05) is 41.3 Å². The Kier molecular flexibility index (Phi) is 4.41. The molecule has 1 saturated heterocycles. The fourth-order valence-corrected chi connectivity index (χ4v) is 3.36. The summed E-state index contributed by atoms with van der Waals surface area (Å²) in [4.78, 5) is 17.7. The second-order valence-corrected chi connectivity index (χ2v) is 5.91. The van der Waals surface area contributed by atoms with Gasteiger partial charge in [0, 0.05) is 24.0 Å². The fraction of sp³-hybridized carbons (Fsp3) is 0.294. The monoisotopic (exact) mass is 316 g/mol. The number of hydrogen-bond donors (Lipinski definition) is 1. The molecule has 1 fully saturated rings. The molecular formula is C17H17ClN2O2. The molecule has 0 spiro atoms. The Balaban J connectivity index is 2.05. The van der Waals surface area contributed by atoms with Crippen molar-refractivity contribution in [1.29, 1.82) is 0 Å². The Morgan fingerprint density at radius 1 is 1.27 bits per heavy atom. The predicted molar refractivity (Wildman–Crippen MR) is 84.9 cm³/mol. The lowest BCUT2D eigenvalue weighted by molar-refractivity contribution is -0.142. The third-order valence-corrected chi connectivity index (χ3v) is 4.33. The maximum Gasteiger partial charge on any atom is 0.320 e. The lowest BCUT2D eigenvalue weighted by Crippen LogP contribution is -2.39. The molecule has 2 heterocycles. The van der Waals surface area contributed by atoms with Crippen molar-refractivity contribution in [2.45, 2.75) is 24.9 Å². The zero-order valence-corrected chi connectivity index (χ0v) is 12.8. The van der Waals surface area contributed by atoms with Gasteiger partial charge in [-0.3, -0.25) is 14.7 Å². The van der Waals surface area contributed by atoms with Gasteiger partial charge in [0.25, 0.3) is 0 Å². The second-order valence-electron chi connectivity index (χ2n) is 5.47. The van der Waals surface area contributed by atoms with Crippen molar-refractivity contribution in [3.8, 4) is 0 Å². The highest BCUT2D eigenvalue weighted by Crippen LogP contribution is 2.35. The first kappa shape index (κ1) is 15.0. The van der Waals surface area contributed by atoms with Gasteiger partial charge in [0.15, 0.2) is 0 Å². The van der Waals surface area contributed by atoms with Crippen LogP contribution in [-0.4, -0.2) is 33.5 Å². The predicted octanol–water partition coefficient (Wildman–Crippen LogP) is 3.37. The van der Waals surface area contributed by atoms with Gasteiger partial charge in [-0.2, -0.15) is 0 Å². The van der Waals surface area contributed by atoms with Gasteiger partial charge in [0.05, 0.1) is 6.04 Å². The summed E-state index contributed by atoms with van der Waals surface area (Å²) < 4.78 is 0. The van der Waals surface area contributed by atoms with Crippen molar-refractivity contribution in [2.24, 2.45) is 0 Å².